The van der Waals surface area contributed by atoms with Crippen LogP contribution in [0.3, 0.4) is 0 Å². The fraction of sp³-hybridized carbons (Fsp3) is 0.250. The predicted octanol–water partition coefficient (Wildman–Crippen LogP) is 1.45. The summed E-state index contributed by atoms with van der Waals surface area (Å²) in [6.07, 6.45) is -5.61. The number of aliphatic hydroxyl groups is 2. The van der Waals surface area contributed by atoms with Crippen molar-refractivity contribution in [2.24, 2.45) is 0 Å². The molecule has 10 heteroatoms. The van der Waals surface area contributed by atoms with Gasteiger partial charge in [0.05, 0.1) is 10.5 Å². The standard InChI is InChI=1S/C8H5ClF4O4S/c9-18(16,17)4-1-2-6(10)5(3-4)7(14,15)8(11,12)13/h1-3,14-15H. The average molecular weight is 309 g/mol. The van der Waals surface area contributed by atoms with E-state index in [1.807, 2.05) is 0 Å². The summed E-state index contributed by atoms with van der Waals surface area (Å²) < 4.78 is 71.7. The summed E-state index contributed by atoms with van der Waals surface area (Å²) in [5.74, 6) is -6.16. The Morgan fingerprint density at radius 3 is 2.06 bits per heavy atom. The zero-order valence-electron chi connectivity index (χ0n) is 8.24. The molecule has 18 heavy (non-hydrogen) atoms. The van der Waals surface area contributed by atoms with Crippen LogP contribution >= 0.6 is 10.7 Å². The van der Waals surface area contributed by atoms with Crippen LogP contribution in [0.4, 0.5) is 17.6 Å². The van der Waals surface area contributed by atoms with E-state index >= 15 is 0 Å². The second-order valence-electron chi connectivity index (χ2n) is 3.25. The Labute approximate surface area is 103 Å². The van der Waals surface area contributed by atoms with Crippen molar-refractivity contribution in [3.05, 3.63) is 29.6 Å². The first kappa shape index (κ1) is 15.2. The number of halogens is 5. The van der Waals surface area contributed by atoms with Crippen molar-refractivity contribution in [2.45, 2.75) is 16.9 Å². The number of alkyl halides is 3. The van der Waals surface area contributed by atoms with Gasteiger partial charge in [0.2, 0.25) is 0 Å². The van der Waals surface area contributed by atoms with Crippen molar-refractivity contribution in [2.75, 3.05) is 0 Å². The largest absolute Gasteiger partial charge is 0.447 e. The van der Waals surface area contributed by atoms with E-state index in [0.717, 1.165) is 0 Å². The highest BCUT2D eigenvalue weighted by Gasteiger charge is 2.55. The Kier molecular flexibility index (Phi) is 3.65. The molecule has 0 atom stereocenters. The Bertz CT molecular complexity index is 567. The van der Waals surface area contributed by atoms with Gasteiger partial charge in [-0.2, -0.15) is 13.2 Å². The molecule has 0 saturated heterocycles. The van der Waals surface area contributed by atoms with Gasteiger partial charge in [0.1, 0.15) is 5.82 Å². The molecule has 102 valence electrons. The van der Waals surface area contributed by atoms with E-state index in [1.54, 1.807) is 0 Å². The molecular formula is C8H5ClF4O4S. The van der Waals surface area contributed by atoms with Crippen molar-refractivity contribution in [1.29, 1.82) is 0 Å². The van der Waals surface area contributed by atoms with Crippen LogP contribution in [0.15, 0.2) is 23.1 Å². The van der Waals surface area contributed by atoms with Gasteiger partial charge < -0.3 is 10.2 Å². The quantitative estimate of drug-likeness (QED) is 0.493. The molecule has 0 saturated carbocycles. The molecule has 0 aromatic heterocycles. The van der Waals surface area contributed by atoms with Crippen LogP contribution in [0, 0.1) is 5.82 Å². The van der Waals surface area contributed by atoms with Gasteiger partial charge in [-0.15, -0.1) is 0 Å². The van der Waals surface area contributed by atoms with Crippen LogP contribution in [0.25, 0.3) is 0 Å². The van der Waals surface area contributed by atoms with Gasteiger partial charge in [0, 0.05) is 10.7 Å². The summed E-state index contributed by atoms with van der Waals surface area (Å²) in [6, 6.07) is 1.02. The third-order valence-corrected chi connectivity index (χ3v) is 3.34. The van der Waals surface area contributed by atoms with Crippen LogP contribution in [0.1, 0.15) is 5.56 Å². The van der Waals surface area contributed by atoms with Crippen LogP contribution in [0.2, 0.25) is 0 Å². The summed E-state index contributed by atoms with van der Waals surface area (Å²) in [7, 11) is 0.421. The molecule has 1 aromatic carbocycles. The summed E-state index contributed by atoms with van der Waals surface area (Å²) in [4.78, 5) is -0.891. The van der Waals surface area contributed by atoms with E-state index in [9.17, 15) is 26.0 Å². The van der Waals surface area contributed by atoms with E-state index in [0.29, 0.717) is 12.1 Å². The molecule has 0 aliphatic rings. The van der Waals surface area contributed by atoms with Gasteiger partial charge in [-0.05, 0) is 18.2 Å². The Balaban J connectivity index is 3.52. The zero-order chi connectivity index (χ0) is 14.4. The van der Waals surface area contributed by atoms with Gasteiger partial charge in [-0.1, -0.05) is 0 Å². The minimum atomic E-state index is -5.61. The predicted molar refractivity (Wildman–Crippen MR) is 51.6 cm³/mol. The summed E-state index contributed by atoms with van der Waals surface area (Å²) >= 11 is 0. The third kappa shape index (κ3) is 2.74. The minimum Gasteiger partial charge on any atom is -0.355 e. The fourth-order valence-corrected chi connectivity index (χ4v) is 1.85. The minimum absolute atomic E-state index is 0.102. The van der Waals surface area contributed by atoms with Crippen LogP contribution < -0.4 is 0 Å². The van der Waals surface area contributed by atoms with Crippen molar-refractivity contribution < 1.29 is 36.2 Å². The Morgan fingerprint density at radius 2 is 1.67 bits per heavy atom. The molecule has 0 aliphatic carbocycles. The van der Waals surface area contributed by atoms with Crippen molar-refractivity contribution in [3.8, 4) is 0 Å². The van der Waals surface area contributed by atoms with Gasteiger partial charge >= 0.3 is 6.18 Å². The van der Waals surface area contributed by atoms with E-state index in [2.05, 4.69) is 0 Å². The van der Waals surface area contributed by atoms with Crippen molar-refractivity contribution in [3.63, 3.8) is 0 Å². The SMILES string of the molecule is O=S(=O)(Cl)c1ccc(F)c(C(O)(O)C(F)(F)F)c1. The number of rotatable bonds is 2. The molecule has 4 nitrogen and oxygen atoms in total. The summed E-state index contributed by atoms with van der Waals surface area (Å²) in [5, 5.41) is 17.7. The Hall–Kier alpha value is -0.900. The molecule has 0 spiro atoms. The van der Waals surface area contributed by atoms with E-state index in [4.69, 9.17) is 20.9 Å². The second-order valence-corrected chi connectivity index (χ2v) is 5.82. The molecule has 0 bridgehead atoms. The van der Waals surface area contributed by atoms with Crippen LogP contribution in [-0.4, -0.2) is 24.8 Å². The molecule has 2 N–H and O–H groups in total. The monoisotopic (exact) mass is 308 g/mol. The molecule has 0 unspecified atom stereocenters. The number of benzene rings is 1. The van der Waals surface area contributed by atoms with E-state index < -0.39 is 37.3 Å². The first-order valence-corrected chi connectivity index (χ1v) is 6.44. The summed E-state index contributed by atoms with van der Waals surface area (Å²) in [5.41, 5.74) is -1.66. The highest BCUT2D eigenvalue weighted by molar-refractivity contribution is 8.13. The van der Waals surface area contributed by atoms with Crippen molar-refractivity contribution >= 4 is 19.7 Å². The van der Waals surface area contributed by atoms with E-state index in [-0.39, 0.29) is 6.07 Å². The Morgan fingerprint density at radius 1 is 1.17 bits per heavy atom. The third-order valence-electron chi connectivity index (χ3n) is 1.99. The van der Waals surface area contributed by atoms with E-state index in [1.165, 1.54) is 0 Å². The van der Waals surface area contributed by atoms with Gasteiger partial charge in [0.25, 0.3) is 14.8 Å². The van der Waals surface area contributed by atoms with Crippen molar-refractivity contribution in [1.82, 2.24) is 0 Å². The first-order valence-electron chi connectivity index (χ1n) is 4.13. The lowest BCUT2D eigenvalue weighted by Gasteiger charge is -2.25. The zero-order valence-corrected chi connectivity index (χ0v) is 9.81. The lowest BCUT2D eigenvalue weighted by molar-refractivity contribution is -0.359. The lowest BCUT2D eigenvalue weighted by Crippen LogP contribution is -2.42. The first-order chi connectivity index (χ1) is 7.87. The number of hydrogen-bond donors (Lipinski definition) is 2. The van der Waals surface area contributed by atoms with Gasteiger partial charge in [-0.25, -0.2) is 12.8 Å². The van der Waals surface area contributed by atoms with Crippen LogP contribution in [0.5, 0.6) is 0 Å². The maximum atomic E-state index is 13.1. The number of hydrogen-bond acceptors (Lipinski definition) is 4. The smallest absolute Gasteiger partial charge is 0.355 e. The second kappa shape index (κ2) is 4.34. The molecule has 0 fully saturated rings. The summed E-state index contributed by atoms with van der Waals surface area (Å²) in [6.45, 7) is 0. The molecule has 1 rings (SSSR count). The topological polar surface area (TPSA) is 74.6 Å². The molecule has 1 aromatic rings. The van der Waals surface area contributed by atoms with Gasteiger partial charge in [0.15, 0.2) is 0 Å². The molecule has 0 amide bonds. The maximum absolute atomic E-state index is 13.1. The lowest BCUT2D eigenvalue weighted by atomic mass is 10.1. The molecular weight excluding hydrogens is 304 g/mol. The molecule has 0 aliphatic heterocycles. The normalized spacial score (nSPS) is 13.7. The maximum Gasteiger partial charge on any atom is 0.447 e. The highest BCUT2D eigenvalue weighted by Crippen LogP contribution is 2.38. The molecule has 0 radical (unpaired) electrons. The average Bonchev–Trinajstić information content (AvgIpc) is 2.14. The highest BCUT2D eigenvalue weighted by atomic mass is 35.7. The van der Waals surface area contributed by atoms with Crippen LogP contribution in [-0.2, 0) is 14.8 Å². The fourth-order valence-electron chi connectivity index (χ4n) is 1.08. The van der Waals surface area contributed by atoms with Gasteiger partial charge in [-0.3, -0.25) is 0 Å². The molecule has 0 heterocycles.